The predicted molar refractivity (Wildman–Crippen MR) is 71.1 cm³/mol. The van der Waals surface area contributed by atoms with Gasteiger partial charge in [0.2, 0.25) is 5.91 Å². The first-order valence-electron chi connectivity index (χ1n) is 6.45. The fourth-order valence-corrected chi connectivity index (χ4v) is 1.49. The average molecular weight is 302 g/mol. The van der Waals surface area contributed by atoms with Crippen LogP contribution in [0.3, 0.4) is 0 Å². The van der Waals surface area contributed by atoms with E-state index in [0.717, 1.165) is 0 Å². The first-order chi connectivity index (χ1) is 9.72. The van der Waals surface area contributed by atoms with Gasteiger partial charge in [-0.3, -0.25) is 9.59 Å². The van der Waals surface area contributed by atoms with Gasteiger partial charge in [0.25, 0.3) is 5.91 Å². The number of benzene rings is 1. The van der Waals surface area contributed by atoms with Gasteiger partial charge in [-0.2, -0.15) is 0 Å². The Morgan fingerprint density at radius 1 is 1.10 bits per heavy atom. The molecule has 4 nitrogen and oxygen atoms in total. The van der Waals surface area contributed by atoms with Crippen LogP contribution in [0.1, 0.15) is 31.1 Å². The van der Waals surface area contributed by atoms with Crippen molar-refractivity contribution < 1.29 is 22.8 Å². The summed E-state index contributed by atoms with van der Waals surface area (Å²) in [7, 11) is 0. The van der Waals surface area contributed by atoms with Crippen LogP contribution in [0.25, 0.3) is 0 Å². The summed E-state index contributed by atoms with van der Waals surface area (Å²) in [5, 5.41) is 4.90. The van der Waals surface area contributed by atoms with Crippen molar-refractivity contribution in [2.75, 3.05) is 6.54 Å². The van der Waals surface area contributed by atoms with E-state index < -0.39 is 40.9 Å². The molecule has 0 bridgehead atoms. The minimum Gasteiger partial charge on any atom is -0.354 e. The van der Waals surface area contributed by atoms with Crippen molar-refractivity contribution in [3.63, 3.8) is 0 Å². The van der Waals surface area contributed by atoms with Gasteiger partial charge < -0.3 is 10.6 Å². The number of nitrogens with one attached hydrogen (secondary N) is 2. The van der Waals surface area contributed by atoms with Crippen LogP contribution in [0.5, 0.6) is 0 Å². The smallest absolute Gasteiger partial charge is 0.252 e. The number of carbonyl (C=O) groups is 2. The Labute approximate surface area is 120 Å². The Hall–Kier alpha value is -2.05. The molecule has 0 saturated carbocycles. The van der Waals surface area contributed by atoms with E-state index in [4.69, 9.17) is 0 Å². The standard InChI is InChI=1S/C14H17F3N2O2/c1-7(2)6-18-13(20)8(3)19-14(21)9-4-10(15)12(17)11(16)5-9/h4-5,7-8H,6H2,1-3H3,(H,18,20)(H,19,21). The van der Waals surface area contributed by atoms with Crippen LogP contribution < -0.4 is 10.6 Å². The maximum Gasteiger partial charge on any atom is 0.252 e. The van der Waals surface area contributed by atoms with Crippen molar-refractivity contribution in [1.29, 1.82) is 0 Å². The third kappa shape index (κ3) is 4.77. The normalized spacial score (nSPS) is 12.1. The summed E-state index contributed by atoms with van der Waals surface area (Å²) in [5.41, 5.74) is -0.394. The van der Waals surface area contributed by atoms with Gasteiger partial charge in [0.15, 0.2) is 17.5 Å². The Balaban J connectivity index is 2.70. The molecule has 7 heteroatoms. The van der Waals surface area contributed by atoms with Gasteiger partial charge in [0.05, 0.1) is 0 Å². The second-order valence-corrected chi connectivity index (χ2v) is 5.09. The molecule has 1 aromatic rings. The lowest BCUT2D eigenvalue weighted by Gasteiger charge is -2.15. The van der Waals surface area contributed by atoms with Crippen molar-refractivity contribution in [3.05, 3.63) is 35.1 Å². The fourth-order valence-electron chi connectivity index (χ4n) is 1.49. The number of halogens is 3. The Kier molecular flexibility index (Phi) is 5.75. The zero-order chi connectivity index (χ0) is 16.2. The van der Waals surface area contributed by atoms with E-state index in [0.29, 0.717) is 18.7 Å². The molecule has 0 aromatic heterocycles. The van der Waals surface area contributed by atoms with Gasteiger partial charge in [-0.1, -0.05) is 13.8 Å². The number of hydrogen-bond donors (Lipinski definition) is 2. The molecule has 2 amide bonds. The Morgan fingerprint density at radius 3 is 2.10 bits per heavy atom. The second kappa shape index (κ2) is 7.10. The SMILES string of the molecule is CC(C)CNC(=O)C(C)NC(=O)c1cc(F)c(F)c(F)c1. The molecule has 0 saturated heterocycles. The fraction of sp³-hybridized carbons (Fsp3) is 0.429. The molecule has 2 N–H and O–H groups in total. The molecule has 21 heavy (non-hydrogen) atoms. The topological polar surface area (TPSA) is 58.2 Å². The van der Waals surface area contributed by atoms with Crippen molar-refractivity contribution >= 4 is 11.8 Å². The molecule has 0 aliphatic carbocycles. The maximum absolute atomic E-state index is 13.0. The zero-order valence-electron chi connectivity index (χ0n) is 12.0. The van der Waals surface area contributed by atoms with E-state index in [1.165, 1.54) is 6.92 Å². The lowest BCUT2D eigenvalue weighted by molar-refractivity contribution is -0.122. The number of amides is 2. The highest BCUT2D eigenvalue weighted by Gasteiger charge is 2.19. The minimum absolute atomic E-state index is 0.247. The molecule has 0 fully saturated rings. The lowest BCUT2D eigenvalue weighted by Crippen LogP contribution is -2.45. The average Bonchev–Trinajstić information content (AvgIpc) is 2.41. The zero-order valence-corrected chi connectivity index (χ0v) is 12.0. The summed E-state index contributed by atoms with van der Waals surface area (Å²) >= 11 is 0. The van der Waals surface area contributed by atoms with Gasteiger partial charge in [-0.15, -0.1) is 0 Å². The maximum atomic E-state index is 13.0. The molecule has 1 unspecified atom stereocenters. The van der Waals surface area contributed by atoms with E-state index in [2.05, 4.69) is 10.6 Å². The number of carbonyl (C=O) groups excluding carboxylic acids is 2. The molecule has 0 aliphatic rings. The highest BCUT2D eigenvalue weighted by molar-refractivity contribution is 5.97. The highest BCUT2D eigenvalue weighted by Crippen LogP contribution is 2.13. The van der Waals surface area contributed by atoms with Crippen molar-refractivity contribution in [3.8, 4) is 0 Å². The van der Waals surface area contributed by atoms with Crippen molar-refractivity contribution in [2.24, 2.45) is 5.92 Å². The third-order valence-electron chi connectivity index (χ3n) is 2.67. The van der Waals surface area contributed by atoms with Gasteiger partial charge in [-0.05, 0) is 25.0 Å². The number of rotatable bonds is 5. The third-order valence-corrected chi connectivity index (χ3v) is 2.67. The van der Waals surface area contributed by atoms with E-state index in [9.17, 15) is 22.8 Å². The monoisotopic (exact) mass is 302 g/mol. The van der Waals surface area contributed by atoms with Crippen molar-refractivity contribution in [1.82, 2.24) is 10.6 Å². The summed E-state index contributed by atoms with van der Waals surface area (Å²) in [5.74, 6) is -5.60. The molecule has 1 atom stereocenters. The second-order valence-electron chi connectivity index (χ2n) is 5.09. The summed E-state index contributed by atoms with van der Waals surface area (Å²) in [6.07, 6.45) is 0. The number of hydrogen-bond acceptors (Lipinski definition) is 2. The Bertz CT molecular complexity index is 524. The summed E-state index contributed by atoms with van der Waals surface area (Å²) < 4.78 is 38.9. The quantitative estimate of drug-likeness (QED) is 0.817. The predicted octanol–water partition coefficient (Wildman–Crippen LogP) is 1.99. The van der Waals surface area contributed by atoms with Crippen LogP contribution in [0.2, 0.25) is 0 Å². The molecular weight excluding hydrogens is 285 g/mol. The Morgan fingerprint density at radius 2 is 1.62 bits per heavy atom. The first kappa shape index (κ1) is 17.0. The van der Waals surface area contributed by atoms with E-state index in [-0.39, 0.29) is 5.92 Å². The van der Waals surface area contributed by atoms with Crippen LogP contribution in [0.15, 0.2) is 12.1 Å². The van der Waals surface area contributed by atoms with Gasteiger partial charge in [0.1, 0.15) is 6.04 Å². The minimum atomic E-state index is -1.64. The van der Waals surface area contributed by atoms with E-state index in [1.54, 1.807) is 0 Å². The van der Waals surface area contributed by atoms with Crippen LogP contribution >= 0.6 is 0 Å². The highest BCUT2D eigenvalue weighted by atomic mass is 19.2. The van der Waals surface area contributed by atoms with Crippen LogP contribution in [0, 0.1) is 23.4 Å². The van der Waals surface area contributed by atoms with E-state index in [1.807, 2.05) is 13.8 Å². The van der Waals surface area contributed by atoms with Crippen LogP contribution in [-0.2, 0) is 4.79 Å². The summed E-state index contributed by atoms with van der Waals surface area (Å²) in [4.78, 5) is 23.4. The molecular formula is C14H17F3N2O2. The molecule has 0 spiro atoms. The molecule has 1 rings (SSSR count). The largest absolute Gasteiger partial charge is 0.354 e. The molecule has 1 aromatic carbocycles. The molecule has 0 radical (unpaired) electrons. The van der Waals surface area contributed by atoms with Crippen molar-refractivity contribution in [2.45, 2.75) is 26.8 Å². The van der Waals surface area contributed by atoms with Gasteiger partial charge in [0, 0.05) is 12.1 Å². The van der Waals surface area contributed by atoms with Crippen LogP contribution in [0.4, 0.5) is 13.2 Å². The summed E-state index contributed by atoms with van der Waals surface area (Å²) in [6.45, 7) is 5.70. The van der Waals surface area contributed by atoms with Crippen LogP contribution in [-0.4, -0.2) is 24.4 Å². The molecule has 0 aliphatic heterocycles. The lowest BCUT2D eigenvalue weighted by atomic mass is 10.1. The van der Waals surface area contributed by atoms with E-state index >= 15 is 0 Å². The molecule has 116 valence electrons. The summed E-state index contributed by atoms with van der Waals surface area (Å²) in [6, 6.07) is 0.270. The first-order valence-corrected chi connectivity index (χ1v) is 6.45. The van der Waals surface area contributed by atoms with Gasteiger partial charge in [-0.25, -0.2) is 13.2 Å². The molecule has 0 heterocycles. The van der Waals surface area contributed by atoms with Gasteiger partial charge >= 0.3 is 0 Å².